The molecule has 0 amide bonds. The Hall–Kier alpha value is -3.45. The van der Waals surface area contributed by atoms with Gasteiger partial charge in [-0.15, -0.1) is 11.8 Å². The lowest BCUT2D eigenvalue weighted by molar-refractivity contribution is -0.142. The summed E-state index contributed by atoms with van der Waals surface area (Å²) < 4.78 is 15.9. The van der Waals surface area contributed by atoms with Gasteiger partial charge in [0.1, 0.15) is 0 Å². The van der Waals surface area contributed by atoms with Crippen molar-refractivity contribution in [1.29, 1.82) is 0 Å². The molecule has 7 heteroatoms. The van der Waals surface area contributed by atoms with Gasteiger partial charge in [-0.05, 0) is 47.0 Å². The summed E-state index contributed by atoms with van der Waals surface area (Å²) in [6.07, 6.45) is 0.747. The molecule has 0 heterocycles. The first-order chi connectivity index (χ1) is 16.0. The minimum Gasteiger partial charge on any atom is -0.493 e. The van der Waals surface area contributed by atoms with Crippen LogP contribution in [0.1, 0.15) is 27.0 Å². The van der Waals surface area contributed by atoms with Crippen LogP contribution in [0.15, 0.2) is 71.6 Å². The molecule has 6 nitrogen and oxygen atoms in total. The maximum atomic E-state index is 12.3. The van der Waals surface area contributed by atoms with Gasteiger partial charge < -0.3 is 19.3 Å². The van der Waals surface area contributed by atoms with Gasteiger partial charge in [0.2, 0.25) is 0 Å². The first kappa shape index (κ1) is 24.2. The van der Waals surface area contributed by atoms with Gasteiger partial charge in [-0.3, -0.25) is 4.79 Å². The van der Waals surface area contributed by atoms with Gasteiger partial charge in [-0.2, -0.15) is 0 Å². The molecule has 0 saturated heterocycles. The number of hydrogen-bond acceptors (Lipinski definition) is 6. The van der Waals surface area contributed by atoms with E-state index < -0.39 is 5.97 Å². The Morgan fingerprint density at radius 2 is 1.67 bits per heavy atom. The van der Waals surface area contributed by atoms with E-state index in [-0.39, 0.29) is 19.0 Å². The fourth-order valence-corrected chi connectivity index (χ4v) is 4.28. The quantitative estimate of drug-likeness (QED) is 0.314. The van der Waals surface area contributed by atoms with Crippen LogP contribution in [0.5, 0.6) is 11.5 Å². The largest absolute Gasteiger partial charge is 0.493 e. The smallest absolute Gasteiger partial charge is 0.335 e. The Balaban J connectivity index is 1.51. The van der Waals surface area contributed by atoms with Crippen LogP contribution in [0.4, 0.5) is 0 Å². The second-order valence-electron chi connectivity index (χ2n) is 7.23. The molecule has 0 fully saturated rings. The van der Waals surface area contributed by atoms with Crippen molar-refractivity contribution in [3.63, 3.8) is 0 Å². The van der Waals surface area contributed by atoms with Crippen LogP contribution in [0, 0.1) is 0 Å². The van der Waals surface area contributed by atoms with Crippen molar-refractivity contribution in [3.8, 4) is 11.5 Å². The van der Waals surface area contributed by atoms with Crippen LogP contribution in [0.3, 0.4) is 0 Å². The summed E-state index contributed by atoms with van der Waals surface area (Å²) in [6, 6.07) is 20.2. The monoisotopic (exact) mass is 466 g/mol. The van der Waals surface area contributed by atoms with E-state index in [9.17, 15) is 14.7 Å². The third-order valence-electron chi connectivity index (χ3n) is 4.99. The van der Waals surface area contributed by atoms with Gasteiger partial charge in [-0.25, -0.2) is 4.79 Å². The Kier molecular flexibility index (Phi) is 8.78. The lowest BCUT2D eigenvalue weighted by Gasteiger charge is -2.10. The second-order valence-corrected chi connectivity index (χ2v) is 8.28. The molecule has 3 aromatic rings. The molecule has 0 aliphatic rings. The van der Waals surface area contributed by atoms with E-state index in [2.05, 4.69) is 0 Å². The van der Waals surface area contributed by atoms with Crippen molar-refractivity contribution >= 4 is 23.7 Å². The van der Waals surface area contributed by atoms with Crippen molar-refractivity contribution in [3.05, 3.63) is 89.0 Å². The van der Waals surface area contributed by atoms with E-state index in [4.69, 9.17) is 14.2 Å². The topological polar surface area (TPSA) is 82.1 Å². The number of esters is 1. The van der Waals surface area contributed by atoms with E-state index in [1.807, 2.05) is 54.6 Å². The average molecular weight is 467 g/mol. The number of rotatable bonds is 11. The summed E-state index contributed by atoms with van der Waals surface area (Å²) in [5, 5.41) is 9.33. The summed E-state index contributed by atoms with van der Waals surface area (Å²) in [5.41, 5.74) is 2.90. The van der Waals surface area contributed by atoms with Crippen LogP contribution < -0.4 is 9.47 Å². The van der Waals surface area contributed by atoms with Crippen molar-refractivity contribution in [2.45, 2.75) is 23.5 Å². The van der Waals surface area contributed by atoms with E-state index in [0.29, 0.717) is 29.2 Å². The van der Waals surface area contributed by atoms with Crippen molar-refractivity contribution in [2.75, 3.05) is 20.8 Å². The van der Waals surface area contributed by atoms with E-state index >= 15 is 0 Å². The molecule has 0 saturated carbocycles. The molecule has 0 aliphatic heterocycles. The summed E-state index contributed by atoms with van der Waals surface area (Å²) in [6.45, 7) is 0.273. The molecule has 3 aromatic carbocycles. The zero-order valence-electron chi connectivity index (χ0n) is 18.6. The zero-order valence-corrected chi connectivity index (χ0v) is 19.4. The van der Waals surface area contributed by atoms with Gasteiger partial charge >= 0.3 is 11.9 Å². The van der Waals surface area contributed by atoms with Crippen LogP contribution >= 0.6 is 11.8 Å². The highest BCUT2D eigenvalue weighted by atomic mass is 32.2. The van der Waals surface area contributed by atoms with Crippen LogP contribution in [-0.4, -0.2) is 37.9 Å². The number of carbonyl (C=O) groups is 2. The normalized spacial score (nSPS) is 10.5. The summed E-state index contributed by atoms with van der Waals surface area (Å²) in [5.74, 6) is 0.593. The van der Waals surface area contributed by atoms with Gasteiger partial charge in [0.05, 0.1) is 32.8 Å². The van der Waals surface area contributed by atoms with Gasteiger partial charge in [0, 0.05) is 17.1 Å². The SMILES string of the molecule is COc1ccc(CCOC(=O)Cc2cccc(SCc3ccccc3C(=O)O)c2)cc1OC. The Bertz CT molecular complexity index is 1110. The third kappa shape index (κ3) is 7.02. The molecule has 0 unspecified atom stereocenters. The molecule has 33 heavy (non-hydrogen) atoms. The number of hydrogen-bond donors (Lipinski definition) is 1. The molecule has 0 radical (unpaired) electrons. The molecule has 0 aliphatic carbocycles. The number of carbonyl (C=O) groups excluding carboxylic acids is 1. The van der Waals surface area contributed by atoms with Crippen LogP contribution in [0.2, 0.25) is 0 Å². The van der Waals surface area contributed by atoms with Crippen LogP contribution in [0.25, 0.3) is 0 Å². The van der Waals surface area contributed by atoms with Crippen molar-refractivity contribution in [1.82, 2.24) is 0 Å². The predicted octanol–water partition coefficient (Wildman–Crippen LogP) is 5.02. The van der Waals surface area contributed by atoms with E-state index in [0.717, 1.165) is 21.6 Å². The maximum Gasteiger partial charge on any atom is 0.335 e. The number of carboxylic acid groups (broad SMARTS) is 1. The number of aromatic carboxylic acids is 1. The van der Waals surface area contributed by atoms with Crippen LogP contribution in [-0.2, 0) is 28.1 Å². The molecular formula is C26H26O6S. The van der Waals surface area contributed by atoms with Crippen molar-refractivity contribution < 1.29 is 28.9 Å². The fraction of sp³-hybridized carbons (Fsp3) is 0.231. The lowest BCUT2D eigenvalue weighted by atomic mass is 10.1. The Labute approximate surface area is 197 Å². The molecule has 0 spiro atoms. The number of thioether (sulfide) groups is 1. The second kappa shape index (κ2) is 12.0. The summed E-state index contributed by atoms with van der Waals surface area (Å²) in [4.78, 5) is 24.6. The molecule has 0 atom stereocenters. The summed E-state index contributed by atoms with van der Waals surface area (Å²) in [7, 11) is 3.17. The van der Waals surface area contributed by atoms with Gasteiger partial charge in [-0.1, -0.05) is 36.4 Å². The zero-order chi connectivity index (χ0) is 23.6. The maximum absolute atomic E-state index is 12.3. The first-order valence-corrected chi connectivity index (χ1v) is 11.4. The number of ether oxygens (including phenoxy) is 3. The van der Waals surface area contributed by atoms with Gasteiger partial charge in [0.15, 0.2) is 11.5 Å². The van der Waals surface area contributed by atoms with E-state index in [1.165, 1.54) is 11.8 Å². The minimum atomic E-state index is -0.934. The number of benzene rings is 3. The molecule has 3 rings (SSSR count). The Morgan fingerprint density at radius 1 is 0.879 bits per heavy atom. The van der Waals surface area contributed by atoms with Crippen molar-refractivity contribution in [2.24, 2.45) is 0 Å². The molecular weight excluding hydrogens is 440 g/mol. The number of carboxylic acids is 1. The molecule has 172 valence electrons. The highest BCUT2D eigenvalue weighted by molar-refractivity contribution is 7.98. The van der Waals surface area contributed by atoms with Gasteiger partial charge in [0.25, 0.3) is 0 Å². The highest BCUT2D eigenvalue weighted by Crippen LogP contribution is 2.28. The predicted molar refractivity (Wildman–Crippen MR) is 127 cm³/mol. The van der Waals surface area contributed by atoms with E-state index in [1.54, 1.807) is 26.4 Å². The standard InChI is InChI=1S/C26H26O6S/c1-30-23-11-10-18(15-24(23)31-2)12-13-32-25(27)16-19-6-5-8-21(14-19)33-17-20-7-3-4-9-22(20)26(28)29/h3-11,14-15H,12-13,16-17H2,1-2H3,(H,28,29). The fourth-order valence-electron chi connectivity index (χ4n) is 3.30. The average Bonchev–Trinajstić information content (AvgIpc) is 2.83. The Morgan fingerprint density at radius 3 is 2.42 bits per heavy atom. The molecule has 1 N–H and O–H groups in total. The minimum absolute atomic E-state index is 0.173. The third-order valence-corrected chi connectivity index (χ3v) is 6.03. The highest BCUT2D eigenvalue weighted by Gasteiger charge is 2.11. The summed E-state index contributed by atoms with van der Waals surface area (Å²) >= 11 is 1.53. The number of methoxy groups -OCH3 is 2. The molecule has 0 bridgehead atoms. The lowest BCUT2D eigenvalue weighted by Crippen LogP contribution is -2.10. The first-order valence-electron chi connectivity index (χ1n) is 10.4. The molecule has 0 aromatic heterocycles.